The zero-order valence-electron chi connectivity index (χ0n) is 18.0. The maximum Gasteiger partial charge on any atom is 0.416 e. The Labute approximate surface area is 194 Å². The van der Waals surface area contributed by atoms with Gasteiger partial charge in [0.05, 0.1) is 17.6 Å². The van der Waals surface area contributed by atoms with Crippen LogP contribution in [0.3, 0.4) is 0 Å². The molecule has 0 saturated carbocycles. The Morgan fingerprint density at radius 1 is 1.39 bits per heavy atom. The molecule has 2 amide bonds. The number of aromatic nitrogens is 1. The van der Waals surface area contributed by atoms with Crippen LogP contribution in [0.15, 0.2) is 24.4 Å². The monoisotopic (exact) mass is 501 g/mol. The van der Waals surface area contributed by atoms with Gasteiger partial charge < -0.3 is 14.4 Å². The van der Waals surface area contributed by atoms with Crippen LogP contribution in [-0.4, -0.2) is 56.5 Å². The number of pyridine rings is 1. The average molecular weight is 502 g/mol. The Kier molecular flexibility index (Phi) is 6.95. The number of amides is 2. The number of hydrogen-bond acceptors (Lipinski definition) is 7. The Balaban J connectivity index is 1.88. The summed E-state index contributed by atoms with van der Waals surface area (Å²) in [5, 5.41) is 0.118. The summed E-state index contributed by atoms with van der Waals surface area (Å²) in [5.74, 6) is -1.29. The number of fused-ring (bicyclic) bond motifs is 1. The van der Waals surface area contributed by atoms with Gasteiger partial charge in [-0.05, 0) is 19.1 Å². The number of ether oxygens (including phenoxy) is 2. The molecule has 178 valence electrons. The van der Waals surface area contributed by atoms with Gasteiger partial charge in [0.25, 0.3) is 10.2 Å². The van der Waals surface area contributed by atoms with E-state index >= 15 is 0 Å². The number of nitrogens with one attached hydrogen (secondary N) is 2. The number of rotatable bonds is 6. The highest BCUT2D eigenvalue weighted by molar-refractivity contribution is 7.90. The molecule has 2 heterocycles. The van der Waals surface area contributed by atoms with Gasteiger partial charge in [0, 0.05) is 44.5 Å². The lowest BCUT2D eigenvalue weighted by molar-refractivity contribution is 0.116. The molecule has 1 aromatic carbocycles. The van der Waals surface area contributed by atoms with Gasteiger partial charge in [0.2, 0.25) is 0 Å². The summed E-state index contributed by atoms with van der Waals surface area (Å²) >= 11 is 6.25. The minimum Gasteiger partial charge on any atom is -0.410 e. The average Bonchev–Trinajstić information content (AvgIpc) is 2.74. The van der Waals surface area contributed by atoms with Crippen LogP contribution in [0, 0.1) is 5.82 Å². The van der Waals surface area contributed by atoms with Gasteiger partial charge in [-0.1, -0.05) is 11.6 Å². The molecule has 1 aliphatic heterocycles. The second-order valence-electron chi connectivity index (χ2n) is 7.20. The second kappa shape index (κ2) is 9.37. The largest absolute Gasteiger partial charge is 0.416 e. The molecule has 0 saturated heterocycles. The van der Waals surface area contributed by atoms with E-state index in [1.54, 1.807) is 6.92 Å². The number of carbonyl (C=O) groups excluding carboxylic acids is 2. The smallest absolute Gasteiger partial charge is 0.410 e. The summed E-state index contributed by atoms with van der Waals surface area (Å²) in [6.45, 7) is 1.45. The Morgan fingerprint density at radius 2 is 2.09 bits per heavy atom. The van der Waals surface area contributed by atoms with Crippen molar-refractivity contribution < 1.29 is 31.9 Å². The Hall–Kier alpha value is -3.16. The van der Waals surface area contributed by atoms with Crippen LogP contribution in [0.1, 0.15) is 24.1 Å². The third-order valence-electron chi connectivity index (χ3n) is 4.79. The highest BCUT2D eigenvalue weighted by Gasteiger charge is 2.34. The summed E-state index contributed by atoms with van der Waals surface area (Å²) in [7, 11) is 0.171. The quantitative estimate of drug-likeness (QED) is 0.622. The fourth-order valence-corrected chi connectivity index (χ4v) is 3.66. The van der Waals surface area contributed by atoms with Crippen LogP contribution >= 0.6 is 11.6 Å². The Morgan fingerprint density at radius 3 is 2.73 bits per heavy atom. The molecule has 2 aromatic rings. The van der Waals surface area contributed by atoms with Crippen LogP contribution in [0.5, 0.6) is 11.5 Å². The molecule has 0 aliphatic carbocycles. The molecule has 1 atom stereocenters. The van der Waals surface area contributed by atoms with Gasteiger partial charge in [0.1, 0.15) is 5.75 Å². The van der Waals surface area contributed by atoms with Crippen molar-refractivity contribution in [3.63, 3.8) is 0 Å². The maximum absolute atomic E-state index is 14.9. The van der Waals surface area contributed by atoms with E-state index in [4.69, 9.17) is 21.1 Å². The van der Waals surface area contributed by atoms with E-state index in [9.17, 15) is 22.4 Å². The number of anilines is 1. The molecule has 33 heavy (non-hydrogen) atoms. The van der Waals surface area contributed by atoms with E-state index in [-0.39, 0.29) is 28.6 Å². The van der Waals surface area contributed by atoms with Crippen LogP contribution in [0.4, 0.5) is 19.8 Å². The molecule has 11 nitrogen and oxygen atoms in total. The lowest BCUT2D eigenvalue weighted by atomic mass is 10.0. The van der Waals surface area contributed by atoms with Gasteiger partial charge in [-0.2, -0.15) is 8.42 Å². The van der Waals surface area contributed by atoms with E-state index in [1.807, 2.05) is 9.44 Å². The molecular weight excluding hydrogens is 481 g/mol. The molecule has 0 unspecified atom stereocenters. The van der Waals surface area contributed by atoms with Gasteiger partial charge in [-0.15, -0.1) is 0 Å². The van der Waals surface area contributed by atoms with Crippen LogP contribution in [0.25, 0.3) is 0 Å². The molecule has 2 N–H and O–H groups in total. The fraction of sp³-hybridized carbons (Fsp3) is 0.316. The van der Waals surface area contributed by atoms with E-state index < -0.39 is 40.1 Å². The van der Waals surface area contributed by atoms with Crippen molar-refractivity contribution in [2.75, 3.05) is 25.9 Å². The summed E-state index contributed by atoms with van der Waals surface area (Å²) in [4.78, 5) is 30.6. The number of hydrogen-bond donors (Lipinski definition) is 2. The first kappa shape index (κ1) is 24.5. The van der Waals surface area contributed by atoms with Crippen LogP contribution < -0.4 is 18.9 Å². The van der Waals surface area contributed by atoms with Crippen LogP contribution in [0.2, 0.25) is 5.02 Å². The van der Waals surface area contributed by atoms with Crippen molar-refractivity contribution in [1.82, 2.24) is 19.5 Å². The zero-order valence-corrected chi connectivity index (χ0v) is 19.6. The van der Waals surface area contributed by atoms with Crippen molar-refractivity contribution in [2.24, 2.45) is 0 Å². The maximum atomic E-state index is 14.9. The first-order valence-electron chi connectivity index (χ1n) is 9.49. The van der Waals surface area contributed by atoms with E-state index in [2.05, 4.69) is 4.98 Å². The molecule has 14 heteroatoms. The molecule has 0 bridgehead atoms. The van der Waals surface area contributed by atoms with Crippen molar-refractivity contribution >= 4 is 39.8 Å². The Bertz CT molecular complexity index is 1210. The number of halogens is 2. The third kappa shape index (κ3) is 5.26. The lowest BCUT2D eigenvalue weighted by Gasteiger charge is -2.34. The predicted molar refractivity (Wildman–Crippen MR) is 117 cm³/mol. The fourth-order valence-electron chi connectivity index (χ4n) is 2.95. The topological polar surface area (TPSA) is 130 Å². The van der Waals surface area contributed by atoms with E-state index in [0.717, 1.165) is 7.05 Å². The first-order chi connectivity index (χ1) is 15.4. The standard InChI is InChI=1S/C19H21ClFN5O6S/c1-10-12-7-13(20)15(32-18(27)25(3)4)8-14(12)31-19(28)26(10)9-11-5-6-23-17(16(11)21)24-33(29,30)22-2/h5-8,10,22H,9H2,1-4H3,(H,23,24)/t10-/m0/s1. The van der Waals surface area contributed by atoms with Gasteiger partial charge in [-0.3, -0.25) is 9.62 Å². The molecule has 3 rings (SSSR count). The molecule has 0 spiro atoms. The van der Waals surface area contributed by atoms with E-state index in [0.29, 0.717) is 5.56 Å². The third-order valence-corrected chi connectivity index (χ3v) is 6.08. The van der Waals surface area contributed by atoms with Gasteiger partial charge in [-0.25, -0.2) is 23.7 Å². The minimum atomic E-state index is -3.99. The van der Waals surface area contributed by atoms with Gasteiger partial charge >= 0.3 is 12.2 Å². The summed E-state index contributed by atoms with van der Waals surface area (Å²) in [6, 6.07) is 3.55. The molecule has 0 fully saturated rings. The van der Waals surface area contributed by atoms with Crippen LogP contribution in [-0.2, 0) is 16.8 Å². The molecule has 1 aliphatic rings. The first-order valence-corrected chi connectivity index (χ1v) is 11.3. The van der Waals surface area contributed by atoms with E-state index in [1.165, 1.54) is 48.3 Å². The normalized spacial score (nSPS) is 15.5. The second-order valence-corrected chi connectivity index (χ2v) is 9.22. The SMILES string of the molecule is CNS(=O)(=O)Nc1nccc(CN2C(=O)Oc3cc(OC(=O)N(C)C)c(Cl)cc3[C@@H]2C)c1F. The summed E-state index contributed by atoms with van der Waals surface area (Å²) in [6.07, 6.45) is -0.232. The molecular formula is C19H21ClFN5O6S. The molecule has 0 radical (unpaired) electrons. The highest BCUT2D eigenvalue weighted by atomic mass is 35.5. The van der Waals surface area contributed by atoms with Crippen molar-refractivity contribution in [1.29, 1.82) is 0 Å². The highest BCUT2D eigenvalue weighted by Crippen LogP contribution is 2.41. The van der Waals surface area contributed by atoms with Crippen molar-refractivity contribution in [3.8, 4) is 11.5 Å². The zero-order chi connectivity index (χ0) is 24.5. The predicted octanol–water partition coefficient (Wildman–Crippen LogP) is 2.89. The van der Waals surface area contributed by atoms with Crippen molar-refractivity contribution in [2.45, 2.75) is 19.5 Å². The summed E-state index contributed by atoms with van der Waals surface area (Å²) in [5.41, 5.74) is 0.517. The molecule has 1 aromatic heterocycles. The van der Waals surface area contributed by atoms with Gasteiger partial charge in [0.15, 0.2) is 17.4 Å². The number of nitrogens with zero attached hydrogens (tertiary/aromatic N) is 3. The number of benzene rings is 1. The lowest BCUT2D eigenvalue weighted by Crippen LogP contribution is -2.39. The van der Waals surface area contributed by atoms with Crippen molar-refractivity contribution in [3.05, 3.63) is 46.4 Å². The number of carbonyl (C=O) groups is 2. The minimum absolute atomic E-state index is 0.00804. The summed E-state index contributed by atoms with van der Waals surface area (Å²) < 4.78 is 52.7.